The normalized spacial score (nSPS) is 11.5. The lowest BCUT2D eigenvalue weighted by Crippen LogP contribution is -2.12. The van der Waals surface area contributed by atoms with Crippen LogP contribution in [0.1, 0.15) is 0 Å². The van der Waals surface area contributed by atoms with Crippen molar-refractivity contribution in [1.29, 1.82) is 0 Å². The second-order valence-electron chi connectivity index (χ2n) is 16.0. The first kappa shape index (κ1) is 35.7. The first-order valence-corrected chi connectivity index (χ1v) is 21.2. The standard InChI is InChI=1S/C60H39NO/c1-2-15-40(16-3-1)42-29-32-43(33-30-42)50-23-10-12-27-56(50)61(48-21-14-20-45(38-48)55-39-46-19-6-7-22-49(46)52-24-8-9-25-53(52)55)57-36-35-51(47-34-31-41-17-4-5-18-44(41)37-47)60-59(57)54-26-11-13-28-58(54)62-60/h1-39H. The summed E-state index contributed by atoms with van der Waals surface area (Å²) in [6, 6.07) is 85.5. The van der Waals surface area contributed by atoms with Gasteiger partial charge in [-0.1, -0.05) is 188 Å². The molecule has 12 aromatic rings. The van der Waals surface area contributed by atoms with E-state index in [4.69, 9.17) is 4.42 Å². The van der Waals surface area contributed by atoms with Crippen molar-refractivity contribution in [2.75, 3.05) is 4.90 Å². The molecule has 0 saturated heterocycles. The Morgan fingerprint density at radius 2 is 0.903 bits per heavy atom. The molecule has 0 aliphatic heterocycles. The molecular weight excluding hydrogens is 751 g/mol. The molecule has 12 rings (SSSR count). The summed E-state index contributed by atoms with van der Waals surface area (Å²) in [5.41, 5.74) is 14.1. The maximum absolute atomic E-state index is 6.94. The van der Waals surface area contributed by atoms with E-state index in [9.17, 15) is 0 Å². The molecule has 0 fully saturated rings. The summed E-state index contributed by atoms with van der Waals surface area (Å²) in [6.45, 7) is 0. The minimum Gasteiger partial charge on any atom is -0.455 e. The Hall–Kier alpha value is -8.20. The summed E-state index contributed by atoms with van der Waals surface area (Å²) in [6.07, 6.45) is 0. The summed E-state index contributed by atoms with van der Waals surface area (Å²) in [5, 5.41) is 9.53. The Balaban J connectivity index is 1.11. The van der Waals surface area contributed by atoms with E-state index in [0.29, 0.717) is 0 Å². The third-order valence-corrected chi connectivity index (χ3v) is 12.4. The van der Waals surface area contributed by atoms with Gasteiger partial charge in [-0.2, -0.15) is 0 Å². The van der Waals surface area contributed by atoms with E-state index in [-0.39, 0.29) is 0 Å². The highest BCUT2D eigenvalue weighted by Crippen LogP contribution is 2.49. The fourth-order valence-electron chi connectivity index (χ4n) is 9.48. The maximum Gasteiger partial charge on any atom is 0.145 e. The molecule has 0 saturated carbocycles. The summed E-state index contributed by atoms with van der Waals surface area (Å²) in [7, 11) is 0. The molecule has 0 atom stereocenters. The van der Waals surface area contributed by atoms with Crippen LogP contribution >= 0.6 is 0 Å². The van der Waals surface area contributed by atoms with Crippen molar-refractivity contribution < 1.29 is 4.42 Å². The van der Waals surface area contributed by atoms with Gasteiger partial charge in [0, 0.05) is 22.2 Å². The number of hydrogen-bond acceptors (Lipinski definition) is 2. The van der Waals surface area contributed by atoms with Gasteiger partial charge in [-0.15, -0.1) is 0 Å². The van der Waals surface area contributed by atoms with Crippen LogP contribution in [0, 0.1) is 0 Å². The Bertz CT molecular complexity index is 3640. The second-order valence-corrected chi connectivity index (χ2v) is 16.0. The summed E-state index contributed by atoms with van der Waals surface area (Å²) >= 11 is 0. The Kier molecular flexibility index (Phi) is 8.53. The first-order valence-electron chi connectivity index (χ1n) is 21.2. The van der Waals surface area contributed by atoms with Crippen molar-refractivity contribution >= 4 is 71.3 Å². The van der Waals surface area contributed by atoms with Crippen LogP contribution in [0.2, 0.25) is 0 Å². The number of benzene rings is 11. The van der Waals surface area contributed by atoms with Gasteiger partial charge in [0.05, 0.1) is 16.8 Å². The van der Waals surface area contributed by atoms with Crippen molar-refractivity contribution in [2.45, 2.75) is 0 Å². The number of para-hydroxylation sites is 2. The number of hydrogen-bond donors (Lipinski definition) is 0. The molecule has 0 bridgehead atoms. The highest BCUT2D eigenvalue weighted by Gasteiger charge is 2.25. The summed E-state index contributed by atoms with van der Waals surface area (Å²) < 4.78 is 6.94. The lowest BCUT2D eigenvalue weighted by molar-refractivity contribution is 0.670. The van der Waals surface area contributed by atoms with Crippen LogP contribution in [0.3, 0.4) is 0 Å². The SMILES string of the molecule is c1ccc(-c2ccc(-c3ccccc3N(c3cccc(-c4cc5ccccc5c5ccccc45)c3)c3ccc(-c4ccc5ccccc5c4)c4oc5ccccc5c34)cc2)cc1. The van der Waals surface area contributed by atoms with Crippen LogP contribution in [-0.2, 0) is 0 Å². The fraction of sp³-hybridized carbons (Fsp3) is 0. The van der Waals surface area contributed by atoms with Crippen LogP contribution in [0.4, 0.5) is 17.1 Å². The van der Waals surface area contributed by atoms with Crippen LogP contribution in [-0.4, -0.2) is 0 Å². The van der Waals surface area contributed by atoms with Crippen molar-refractivity contribution in [3.05, 3.63) is 237 Å². The van der Waals surface area contributed by atoms with Gasteiger partial charge in [-0.25, -0.2) is 0 Å². The number of nitrogens with zero attached hydrogens (tertiary/aromatic N) is 1. The average molecular weight is 790 g/mol. The number of rotatable bonds is 7. The molecule has 11 aromatic carbocycles. The van der Waals surface area contributed by atoms with Crippen LogP contribution < -0.4 is 4.90 Å². The van der Waals surface area contributed by atoms with Crippen molar-refractivity contribution in [1.82, 2.24) is 0 Å². The molecule has 0 aliphatic rings. The predicted octanol–water partition coefficient (Wildman–Crippen LogP) is 17.2. The van der Waals surface area contributed by atoms with Crippen LogP contribution in [0.25, 0.3) is 98.8 Å². The third kappa shape index (κ3) is 6.04. The quantitative estimate of drug-likeness (QED) is 0.150. The summed E-state index contributed by atoms with van der Waals surface area (Å²) in [5.74, 6) is 0. The molecule has 290 valence electrons. The van der Waals surface area contributed by atoms with Crippen LogP contribution in [0.15, 0.2) is 241 Å². The van der Waals surface area contributed by atoms with Crippen molar-refractivity contribution in [2.24, 2.45) is 0 Å². The molecule has 0 unspecified atom stereocenters. The van der Waals surface area contributed by atoms with E-state index in [1.165, 1.54) is 49.0 Å². The lowest BCUT2D eigenvalue weighted by atomic mass is 9.92. The van der Waals surface area contributed by atoms with E-state index in [1.54, 1.807) is 0 Å². The van der Waals surface area contributed by atoms with E-state index < -0.39 is 0 Å². The molecule has 2 nitrogen and oxygen atoms in total. The van der Waals surface area contributed by atoms with Gasteiger partial charge in [0.2, 0.25) is 0 Å². The highest BCUT2D eigenvalue weighted by atomic mass is 16.3. The van der Waals surface area contributed by atoms with Gasteiger partial charge in [0.1, 0.15) is 11.2 Å². The molecule has 0 spiro atoms. The predicted molar refractivity (Wildman–Crippen MR) is 263 cm³/mol. The monoisotopic (exact) mass is 789 g/mol. The topological polar surface area (TPSA) is 16.4 Å². The third-order valence-electron chi connectivity index (χ3n) is 12.4. The summed E-state index contributed by atoms with van der Waals surface area (Å²) in [4.78, 5) is 2.45. The second kappa shape index (κ2) is 14.8. The van der Waals surface area contributed by atoms with E-state index >= 15 is 0 Å². The van der Waals surface area contributed by atoms with E-state index in [1.807, 2.05) is 0 Å². The Morgan fingerprint density at radius 3 is 1.76 bits per heavy atom. The van der Waals surface area contributed by atoms with E-state index in [0.717, 1.165) is 66.8 Å². The largest absolute Gasteiger partial charge is 0.455 e. The van der Waals surface area contributed by atoms with Crippen molar-refractivity contribution in [3.8, 4) is 44.5 Å². The highest BCUT2D eigenvalue weighted by molar-refractivity contribution is 6.18. The average Bonchev–Trinajstić information content (AvgIpc) is 3.74. The van der Waals surface area contributed by atoms with Crippen molar-refractivity contribution in [3.63, 3.8) is 0 Å². The molecule has 0 radical (unpaired) electrons. The first-order chi connectivity index (χ1) is 30.7. The van der Waals surface area contributed by atoms with Gasteiger partial charge in [-0.05, 0) is 114 Å². The Labute approximate surface area is 360 Å². The number of anilines is 3. The minimum atomic E-state index is 0.859. The lowest BCUT2D eigenvalue weighted by Gasteiger charge is -2.29. The van der Waals surface area contributed by atoms with Gasteiger partial charge >= 0.3 is 0 Å². The molecule has 0 aliphatic carbocycles. The van der Waals surface area contributed by atoms with Gasteiger partial charge in [0.15, 0.2) is 0 Å². The molecule has 2 heteroatoms. The maximum atomic E-state index is 6.94. The minimum absolute atomic E-state index is 0.859. The van der Waals surface area contributed by atoms with Gasteiger partial charge in [-0.3, -0.25) is 0 Å². The fourth-order valence-corrected chi connectivity index (χ4v) is 9.48. The zero-order valence-corrected chi connectivity index (χ0v) is 33.9. The zero-order valence-electron chi connectivity index (χ0n) is 33.9. The molecular formula is C60H39NO. The van der Waals surface area contributed by atoms with Gasteiger partial charge < -0.3 is 9.32 Å². The number of fused-ring (bicyclic) bond motifs is 7. The van der Waals surface area contributed by atoms with E-state index in [2.05, 4.69) is 241 Å². The molecule has 0 amide bonds. The smallest absolute Gasteiger partial charge is 0.145 e. The van der Waals surface area contributed by atoms with Gasteiger partial charge in [0.25, 0.3) is 0 Å². The molecule has 1 aromatic heterocycles. The zero-order chi connectivity index (χ0) is 41.0. The molecule has 0 N–H and O–H groups in total. The Morgan fingerprint density at radius 1 is 0.290 bits per heavy atom. The molecule has 1 heterocycles. The molecule has 62 heavy (non-hydrogen) atoms. The van der Waals surface area contributed by atoms with Crippen LogP contribution in [0.5, 0.6) is 0 Å². The number of furan rings is 1.